The van der Waals surface area contributed by atoms with Gasteiger partial charge in [0.1, 0.15) is 0 Å². The summed E-state index contributed by atoms with van der Waals surface area (Å²) in [5.74, 6) is 0.333. The van der Waals surface area contributed by atoms with Crippen molar-refractivity contribution in [1.29, 1.82) is 0 Å². The lowest BCUT2D eigenvalue weighted by atomic mass is 10.0. The van der Waals surface area contributed by atoms with Crippen LogP contribution in [0.25, 0.3) is 5.69 Å². The van der Waals surface area contributed by atoms with Crippen LogP contribution >= 0.6 is 12.6 Å². The van der Waals surface area contributed by atoms with Crippen LogP contribution in [0.15, 0.2) is 41.4 Å². The van der Waals surface area contributed by atoms with Crippen LogP contribution in [-0.2, 0) is 6.18 Å². The van der Waals surface area contributed by atoms with Gasteiger partial charge in [-0.3, -0.25) is 4.57 Å². The third-order valence-corrected chi connectivity index (χ3v) is 4.89. The standard InChI is InChI=1S/C16H12F3NOS/c17-16(18,19)10-2-1-3-11(7-10)20-14(21)12-8-4-5-9(6-8)13(12)15(20)22/h1-5,7-9,21-22H,6H2/t8-,9+/m1/s1. The lowest BCUT2D eigenvalue weighted by Gasteiger charge is -2.13. The number of aromatic nitrogens is 1. The molecule has 1 N–H and O–H groups in total. The second-order valence-electron chi connectivity index (χ2n) is 5.69. The normalized spacial score (nSPS) is 22.4. The lowest BCUT2D eigenvalue weighted by Crippen LogP contribution is -2.06. The topological polar surface area (TPSA) is 25.2 Å². The minimum Gasteiger partial charge on any atom is -0.494 e. The number of thiol groups is 1. The fourth-order valence-corrected chi connectivity index (χ4v) is 4.00. The van der Waals surface area contributed by atoms with Crippen LogP contribution in [-0.4, -0.2) is 9.67 Å². The van der Waals surface area contributed by atoms with Crippen molar-refractivity contribution in [1.82, 2.24) is 4.57 Å². The Labute approximate surface area is 130 Å². The van der Waals surface area contributed by atoms with E-state index in [4.69, 9.17) is 0 Å². The number of allylic oxidation sites excluding steroid dienone is 2. The van der Waals surface area contributed by atoms with E-state index in [-0.39, 0.29) is 23.4 Å². The van der Waals surface area contributed by atoms with Crippen LogP contribution in [0.3, 0.4) is 0 Å². The van der Waals surface area contributed by atoms with Gasteiger partial charge in [0.15, 0.2) is 0 Å². The Morgan fingerprint density at radius 1 is 1.14 bits per heavy atom. The fourth-order valence-electron chi connectivity index (χ4n) is 3.51. The number of halogens is 3. The van der Waals surface area contributed by atoms with Gasteiger partial charge in [-0.05, 0) is 30.2 Å². The van der Waals surface area contributed by atoms with Crippen molar-refractivity contribution in [2.75, 3.05) is 0 Å². The minimum absolute atomic E-state index is 0.00354. The molecule has 1 aromatic heterocycles. The first-order chi connectivity index (χ1) is 10.4. The fraction of sp³-hybridized carbons (Fsp3) is 0.250. The molecule has 22 heavy (non-hydrogen) atoms. The Morgan fingerprint density at radius 3 is 2.45 bits per heavy atom. The van der Waals surface area contributed by atoms with Gasteiger partial charge in [-0.2, -0.15) is 13.2 Å². The van der Waals surface area contributed by atoms with Crippen molar-refractivity contribution < 1.29 is 18.3 Å². The molecule has 0 radical (unpaired) electrons. The maximum atomic E-state index is 12.9. The summed E-state index contributed by atoms with van der Waals surface area (Å²) in [5.41, 5.74) is 1.26. The Bertz CT molecular complexity index is 771. The number of hydrogen-bond acceptors (Lipinski definition) is 2. The monoisotopic (exact) mass is 323 g/mol. The molecule has 2 aliphatic rings. The summed E-state index contributed by atoms with van der Waals surface area (Å²) in [7, 11) is 0. The number of alkyl halides is 3. The van der Waals surface area contributed by atoms with E-state index in [2.05, 4.69) is 18.7 Å². The van der Waals surface area contributed by atoms with E-state index in [1.54, 1.807) is 6.07 Å². The average molecular weight is 323 g/mol. The van der Waals surface area contributed by atoms with Gasteiger partial charge in [-0.15, -0.1) is 12.6 Å². The number of hydrogen-bond donors (Lipinski definition) is 2. The van der Waals surface area contributed by atoms with Gasteiger partial charge in [-0.25, -0.2) is 0 Å². The summed E-state index contributed by atoms with van der Waals surface area (Å²) in [6.07, 6.45) is 0.604. The first kappa shape index (κ1) is 13.8. The van der Waals surface area contributed by atoms with Gasteiger partial charge in [0, 0.05) is 17.4 Å². The van der Waals surface area contributed by atoms with Crippen LogP contribution in [0.1, 0.15) is 34.9 Å². The number of benzene rings is 1. The molecule has 0 amide bonds. The molecule has 0 spiro atoms. The van der Waals surface area contributed by atoms with E-state index in [0.29, 0.717) is 5.03 Å². The molecule has 0 unspecified atom stereocenters. The molecule has 2 atom stereocenters. The molecule has 0 saturated carbocycles. The van der Waals surface area contributed by atoms with Crippen LogP contribution in [0.4, 0.5) is 13.2 Å². The molecule has 2 bridgehead atoms. The van der Waals surface area contributed by atoms with Crippen molar-refractivity contribution in [2.45, 2.75) is 29.5 Å². The van der Waals surface area contributed by atoms with Gasteiger partial charge in [0.25, 0.3) is 0 Å². The summed E-state index contributed by atoms with van der Waals surface area (Å²) >= 11 is 4.46. The third kappa shape index (κ3) is 1.76. The molecule has 1 heterocycles. The van der Waals surface area contributed by atoms with E-state index in [9.17, 15) is 18.3 Å². The predicted molar refractivity (Wildman–Crippen MR) is 78.9 cm³/mol. The van der Waals surface area contributed by atoms with E-state index >= 15 is 0 Å². The molecule has 6 heteroatoms. The third-order valence-electron chi connectivity index (χ3n) is 4.45. The SMILES string of the molecule is Oc1c2c(c(S)n1-c1cccc(C(F)(F)F)c1)[C@H]1C=C[C@@H]2C1. The minimum atomic E-state index is -4.42. The van der Waals surface area contributed by atoms with Crippen molar-refractivity contribution >= 4 is 12.6 Å². The Morgan fingerprint density at radius 2 is 1.82 bits per heavy atom. The first-order valence-electron chi connectivity index (χ1n) is 6.90. The number of aromatic hydroxyl groups is 1. The van der Waals surface area contributed by atoms with E-state index in [1.165, 1.54) is 10.6 Å². The van der Waals surface area contributed by atoms with Crippen LogP contribution in [0.2, 0.25) is 0 Å². The molecular weight excluding hydrogens is 311 g/mol. The maximum Gasteiger partial charge on any atom is 0.416 e. The smallest absolute Gasteiger partial charge is 0.416 e. The van der Waals surface area contributed by atoms with Crippen molar-refractivity contribution in [3.05, 3.63) is 53.1 Å². The molecule has 0 aliphatic heterocycles. The van der Waals surface area contributed by atoms with Gasteiger partial charge in [0.05, 0.1) is 16.3 Å². The van der Waals surface area contributed by atoms with Crippen LogP contribution in [0.5, 0.6) is 5.88 Å². The van der Waals surface area contributed by atoms with Crippen LogP contribution in [0, 0.1) is 0 Å². The Balaban J connectivity index is 1.89. The predicted octanol–water partition coefficient (Wildman–Crippen LogP) is 4.63. The summed E-state index contributed by atoms with van der Waals surface area (Å²) in [6, 6.07) is 4.92. The molecule has 2 nitrogen and oxygen atoms in total. The Kier molecular flexibility index (Phi) is 2.73. The molecule has 2 aliphatic carbocycles. The van der Waals surface area contributed by atoms with E-state index < -0.39 is 11.7 Å². The molecule has 114 valence electrons. The second-order valence-corrected chi connectivity index (χ2v) is 6.12. The molecule has 2 aromatic rings. The highest BCUT2D eigenvalue weighted by molar-refractivity contribution is 7.80. The maximum absolute atomic E-state index is 12.9. The highest BCUT2D eigenvalue weighted by Gasteiger charge is 2.40. The zero-order valence-corrected chi connectivity index (χ0v) is 12.2. The van der Waals surface area contributed by atoms with Crippen molar-refractivity contribution in [3.63, 3.8) is 0 Å². The average Bonchev–Trinajstić information content (AvgIpc) is 3.12. The highest BCUT2D eigenvalue weighted by atomic mass is 32.1. The van der Waals surface area contributed by atoms with Gasteiger partial charge in [0.2, 0.25) is 5.88 Å². The molecule has 4 rings (SSSR count). The zero-order valence-electron chi connectivity index (χ0n) is 11.3. The molecular formula is C16H12F3NOS. The number of nitrogens with zero attached hydrogens (tertiary/aromatic N) is 1. The first-order valence-corrected chi connectivity index (χ1v) is 7.35. The number of fused-ring (bicyclic) bond motifs is 5. The molecule has 1 aromatic carbocycles. The van der Waals surface area contributed by atoms with Gasteiger partial charge < -0.3 is 5.11 Å². The summed E-state index contributed by atoms with van der Waals surface area (Å²) in [5, 5.41) is 11.0. The highest BCUT2D eigenvalue weighted by Crippen LogP contribution is 2.55. The summed E-state index contributed by atoms with van der Waals surface area (Å²) in [6.45, 7) is 0. The van der Waals surface area contributed by atoms with Gasteiger partial charge >= 0.3 is 6.18 Å². The van der Waals surface area contributed by atoms with Crippen molar-refractivity contribution in [3.8, 4) is 11.6 Å². The lowest BCUT2D eigenvalue weighted by molar-refractivity contribution is -0.137. The second kappa shape index (κ2) is 4.35. The largest absolute Gasteiger partial charge is 0.494 e. The summed E-state index contributed by atoms with van der Waals surface area (Å²) in [4.78, 5) is 0. The summed E-state index contributed by atoms with van der Waals surface area (Å²) < 4.78 is 40.0. The zero-order chi connectivity index (χ0) is 15.6. The van der Waals surface area contributed by atoms with Gasteiger partial charge in [-0.1, -0.05) is 18.2 Å². The van der Waals surface area contributed by atoms with Crippen LogP contribution < -0.4 is 0 Å². The molecule has 0 fully saturated rings. The quantitative estimate of drug-likeness (QED) is 0.580. The van der Waals surface area contributed by atoms with E-state index in [0.717, 1.165) is 29.7 Å². The molecule has 0 saturated heterocycles. The Hall–Kier alpha value is -1.82. The number of rotatable bonds is 1. The van der Waals surface area contributed by atoms with E-state index in [1.807, 2.05) is 6.08 Å². The van der Waals surface area contributed by atoms with Crippen molar-refractivity contribution in [2.24, 2.45) is 0 Å².